The number of halogens is 1. The maximum Gasteiger partial charge on any atom is 0.324 e. The monoisotopic (exact) mass is 243 g/mol. The molecule has 0 N–H and O–H groups in total. The lowest BCUT2D eigenvalue weighted by Gasteiger charge is -2.21. The number of hydrogen-bond acceptors (Lipinski definition) is 5. The van der Waals surface area contributed by atoms with Gasteiger partial charge in [-0.25, -0.2) is 0 Å². The average molecular weight is 244 g/mol. The second-order valence-electron chi connectivity index (χ2n) is 3.75. The first-order chi connectivity index (χ1) is 7.78. The lowest BCUT2D eigenvalue weighted by atomic mass is 9.98. The van der Waals surface area contributed by atoms with E-state index in [1.807, 2.05) is 0 Å². The van der Waals surface area contributed by atoms with Crippen molar-refractivity contribution in [1.29, 1.82) is 0 Å². The molecule has 0 bridgehead atoms. The van der Waals surface area contributed by atoms with Crippen molar-refractivity contribution < 1.29 is 9.47 Å². The van der Waals surface area contributed by atoms with Gasteiger partial charge in [0, 0.05) is 0 Å². The van der Waals surface area contributed by atoms with Crippen LogP contribution in [0.15, 0.2) is 0 Å². The molecular formula is C10H14ClN3O2. The third kappa shape index (κ3) is 2.95. The number of ether oxygens (including phenoxy) is 2. The van der Waals surface area contributed by atoms with Crippen LogP contribution in [0, 0.1) is 0 Å². The molecule has 1 aliphatic carbocycles. The third-order valence-corrected chi connectivity index (χ3v) is 2.74. The molecule has 0 amide bonds. The van der Waals surface area contributed by atoms with Crippen LogP contribution in [0.5, 0.6) is 12.0 Å². The number of hydrogen-bond donors (Lipinski definition) is 0. The largest absolute Gasteiger partial charge is 0.467 e. The Balaban J connectivity index is 2.04. The van der Waals surface area contributed by atoms with Gasteiger partial charge in [-0.3, -0.25) is 0 Å². The highest BCUT2D eigenvalue weighted by molar-refractivity contribution is 6.28. The fraction of sp³-hybridized carbons (Fsp3) is 0.700. The normalized spacial score (nSPS) is 17.1. The van der Waals surface area contributed by atoms with Crippen molar-refractivity contribution in [3.05, 3.63) is 5.28 Å². The summed E-state index contributed by atoms with van der Waals surface area (Å²) in [5.41, 5.74) is 0. The molecule has 1 aromatic heterocycles. The Bertz CT molecular complexity index is 356. The van der Waals surface area contributed by atoms with E-state index in [0.29, 0.717) is 0 Å². The van der Waals surface area contributed by atoms with E-state index < -0.39 is 0 Å². The Morgan fingerprint density at radius 1 is 1.06 bits per heavy atom. The van der Waals surface area contributed by atoms with Crippen LogP contribution in [0.3, 0.4) is 0 Å². The minimum atomic E-state index is 0.0951. The predicted molar refractivity (Wildman–Crippen MR) is 58.9 cm³/mol. The standard InChI is InChI=1S/C10H14ClN3O2/c1-15-9-12-8(11)13-10(14-9)16-7-5-3-2-4-6-7/h7H,2-6H2,1H3. The van der Waals surface area contributed by atoms with Gasteiger partial charge < -0.3 is 9.47 Å². The zero-order valence-corrected chi connectivity index (χ0v) is 9.90. The minimum absolute atomic E-state index is 0.0951. The SMILES string of the molecule is COc1nc(Cl)nc(OC2CCCCC2)n1. The molecule has 1 aliphatic rings. The smallest absolute Gasteiger partial charge is 0.324 e. The summed E-state index contributed by atoms with van der Waals surface area (Å²) in [6.45, 7) is 0. The summed E-state index contributed by atoms with van der Waals surface area (Å²) in [7, 11) is 1.48. The van der Waals surface area contributed by atoms with Crippen molar-refractivity contribution in [2.75, 3.05) is 7.11 Å². The second-order valence-corrected chi connectivity index (χ2v) is 4.09. The van der Waals surface area contributed by atoms with Gasteiger partial charge in [0.25, 0.3) is 0 Å². The van der Waals surface area contributed by atoms with Crippen LogP contribution in [-0.2, 0) is 0 Å². The van der Waals surface area contributed by atoms with Crippen molar-refractivity contribution >= 4 is 11.6 Å². The van der Waals surface area contributed by atoms with Crippen molar-refractivity contribution in [3.63, 3.8) is 0 Å². The quantitative estimate of drug-likeness (QED) is 0.815. The Hall–Kier alpha value is -1.10. The summed E-state index contributed by atoms with van der Waals surface area (Å²) in [6, 6.07) is 0.439. The van der Waals surface area contributed by atoms with E-state index in [0.717, 1.165) is 12.8 Å². The van der Waals surface area contributed by atoms with E-state index in [9.17, 15) is 0 Å². The van der Waals surface area contributed by atoms with Gasteiger partial charge in [0.1, 0.15) is 6.10 Å². The van der Waals surface area contributed by atoms with Crippen LogP contribution in [-0.4, -0.2) is 28.2 Å². The van der Waals surface area contributed by atoms with E-state index >= 15 is 0 Å². The van der Waals surface area contributed by atoms with Crippen LogP contribution in [0.2, 0.25) is 5.28 Å². The number of nitrogens with zero attached hydrogens (tertiary/aromatic N) is 3. The fourth-order valence-corrected chi connectivity index (χ4v) is 1.94. The van der Waals surface area contributed by atoms with Crippen LogP contribution >= 0.6 is 11.6 Å². The van der Waals surface area contributed by atoms with Crippen LogP contribution in [0.25, 0.3) is 0 Å². The molecule has 0 atom stereocenters. The van der Waals surface area contributed by atoms with Gasteiger partial charge in [-0.05, 0) is 37.3 Å². The van der Waals surface area contributed by atoms with Gasteiger partial charge >= 0.3 is 12.0 Å². The summed E-state index contributed by atoms with van der Waals surface area (Å²) >= 11 is 5.72. The van der Waals surface area contributed by atoms with E-state index in [4.69, 9.17) is 21.1 Å². The van der Waals surface area contributed by atoms with Gasteiger partial charge in [0.05, 0.1) is 7.11 Å². The Morgan fingerprint density at radius 2 is 1.75 bits per heavy atom. The third-order valence-electron chi connectivity index (χ3n) is 2.57. The second kappa shape index (κ2) is 5.30. The first-order valence-corrected chi connectivity index (χ1v) is 5.78. The number of methoxy groups -OCH3 is 1. The number of rotatable bonds is 3. The summed E-state index contributed by atoms with van der Waals surface area (Å²) < 4.78 is 10.6. The first-order valence-electron chi connectivity index (χ1n) is 5.40. The molecule has 1 aromatic rings. The summed E-state index contributed by atoms with van der Waals surface area (Å²) in [5.74, 6) is 0. The minimum Gasteiger partial charge on any atom is -0.467 e. The fourth-order valence-electron chi connectivity index (χ4n) is 1.79. The van der Waals surface area contributed by atoms with Crippen molar-refractivity contribution in [2.24, 2.45) is 0 Å². The van der Waals surface area contributed by atoms with Crippen molar-refractivity contribution in [2.45, 2.75) is 38.2 Å². The average Bonchev–Trinajstić information content (AvgIpc) is 2.29. The van der Waals surface area contributed by atoms with Gasteiger partial charge in [0.15, 0.2) is 0 Å². The summed E-state index contributed by atoms with van der Waals surface area (Å²) in [5, 5.41) is 0.0951. The summed E-state index contributed by atoms with van der Waals surface area (Å²) in [6.07, 6.45) is 5.96. The maximum atomic E-state index is 5.72. The predicted octanol–water partition coefficient (Wildman–Crippen LogP) is 2.25. The highest BCUT2D eigenvalue weighted by Gasteiger charge is 2.17. The Morgan fingerprint density at radius 3 is 2.44 bits per heavy atom. The van der Waals surface area contributed by atoms with Crippen molar-refractivity contribution in [3.8, 4) is 12.0 Å². The maximum absolute atomic E-state index is 5.72. The number of aromatic nitrogens is 3. The van der Waals surface area contributed by atoms with E-state index in [-0.39, 0.29) is 23.4 Å². The lowest BCUT2D eigenvalue weighted by Crippen LogP contribution is -2.21. The molecule has 0 saturated heterocycles. The molecule has 88 valence electrons. The molecule has 0 aliphatic heterocycles. The molecular weight excluding hydrogens is 230 g/mol. The van der Waals surface area contributed by atoms with E-state index in [1.54, 1.807) is 0 Å². The van der Waals surface area contributed by atoms with Gasteiger partial charge in [-0.15, -0.1) is 4.98 Å². The summed E-state index contributed by atoms with van der Waals surface area (Å²) in [4.78, 5) is 11.7. The molecule has 1 heterocycles. The lowest BCUT2D eigenvalue weighted by molar-refractivity contribution is 0.139. The van der Waals surface area contributed by atoms with Crippen LogP contribution < -0.4 is 9.47 Å². The highest BCUT2D eigenvalue weighted by Crippen LogP contribution is 2.22. The zero-order chi connectivity index (χ0) is 11.4. The van der Waals surface area contributed by atoms with Crippen LogP contribution in [0.1, 0.15) is 32.1 Å². The molecule has 0 aromatic carbocycles. The van der Waals surface area contributed by atoms with Crippen molar-refractivity contribution in [1.82, 2.24) is 15.0 Å². The molecule has 0 radical (unpaired) electrons. The Labute approximate surface area is 99.2 Å². The molecule has 6 heteroatoms. The molecule has 0 spiro atoms. The molecule has 2 rings (SSSR count). The topological polar surface area (TPSA) is 57.1 Å². The first kappa shape index (κ1) is 11.4. The highest BCUT2D eigenvalue weighted by atomic mass is 35.5. The zero-order valence-electron chi connectivity index (χ0n) is 9.15. The molecule has 1 fully saturated rings. The van der Waals surface area contributed by atoms with Gasteiger partial charge in [0.2, 0.25) is 5.28 Å². The molecule has 0 unspecified atom stereocenters. The van der Waals surface area contributed by atoms with Gasteiger partial charge in [-0.2, -0.15) is 9.97 Å². The van der Waals surface area contributed by atoms with Gasteiger partial charge in [-0.1, -0.05) is 6.42 Å². The van der Waals surface area contributed by atoms with Crippen LogP contribution in [0.4, 0.5) is 0 Å². The molecule has 1 saturated carbocycles. The van der Waals surface area contributed by atoms with E-state index in [2.05, 4.69) is 15.0 Å². The Kier molecular flexibility index (Phi) is 3.77. The van der Waals surface area contributed by atoms with E-state index in [1.165, 1.54) is 26.4 Å². The molecule has 16 heavy (non-hydrogen) atoms. The molecule has 5 nitrogen and oxygen atoms in total.